The molecule has 0 N–H and O–H groups in total. The van der Waals surface area contributed by atoms with E-state index in [0.717, 1.165) is 6.42 Å². The maximum Gasteiger partial charge on any atom is 0.285 e. The zero-order valence-electron chi connectivity index (χ0n) is 19.1. The second-order valence-corrected chi connectivity index (χ2v) is 9.18. The largest absolute Gasteiger partial charge is 0.327 e. The van der Waals surface area contributed by atoms with Crippen LogP contribution < -0.4 is 0 Å². The molecular weight excluding hydrogens is 324 g/mol. The molecule has 0 saturated carbocycles. The van der Waals surface area contributed by atoms with Gasteiger partial charge in [-0.1, -0.05) is 93.9 Å². The van der Waals surface area contributed by atoms with Crippen LogP contribution in [-0.4, -0.2) is 25.8 Å². The Bertz CT molecular complexity index is 281. The molecule has 1 atom stereocenters. The minimum atomic E-state index is -0.901. The van der Waals surface area contributed by atoms with Gasteiger partial charge in [0.1, 0.15) is 0 Å². The van der Waals surface area contributed by atoms with Gasteiger partial charge in [0.25, 0.3) is 5.97 Å². The van der Waals surface area contributed by atoms with Gasteiger partial charge in [0.2, 0.25) is 0 Å². The molecule has 26 heavy (non-hydrogen) atoms. The summed E-state index contributed by atoms with van der Waals surface area (Å²) < 4.78 is 18.9. The topological polar surface area (TPSA) is 27.7 Å². The third-order valence-corrected chi connectivity index (χ3v) is 4.45. The van der Waals surface area contributed by atoms with Crippen molar-refractivity contribution in [3.8, 4) is 0 Å². The summed E-state index contributed by atoms with van der Waals surface area (Å²) in [4.78, 5) is 0. The molecule has 158 valence electrons. The highest BCUT2D eigenvalue weighted by Gasteiger charge is 2.40. The van der Waals surface area contributed by atoms with Gasteiger partial charge in [0.15, 0.2) is 0 Å². The van der Waals surface area contributed by atoms with E-state index in [9.17, 15) is 0 Å². The fraction of sp³-hybridized carbons (Fsp3) is 1.00. The Morgan fingerprint density at radius 3 is 1.35 bits per heavy atom. The van der Waals surface area contributed by atoms with Gasteiger partial charge in [-0.05, 0) is 24.2 Å². The van der Waals surface area contributed by atoms with Crippen molar-refractivity contribution in [2.75, 3.05) is 19.8 Å². The minimum absolute atomic E-state index is 0.227. The van der Waals surface area contributed by atoms with E-state index in [4.69, 9.17) is 14.2 Å². The minimum Gasteiger partial charge on any atom is -0.327 e. The Kier molecular flexibility index (Phi) is 14.8. The molecule has 0 aromatic heterocycles. The second-order valence-electron chi connectivity index (χ2n) is 9.18. The number of rotatable bonds is 17. The predicted molar refractivity (Wildman–Crippen MR) is 112 cm³/mol. The maximum atomic E-state index is 6.30. The van der Waals surface area contributed by atoms with Crippen molar-refractivity contribution in [1.82, 2.24) is 0 Å². The van der Waals surface area contributed by atoms with Crippen molar-refractivity contribution in [3.63, 3.8) is 0 Å². The van der Waals surface area contributed by atoms with Crippen LogP contribution in [0.1, 0.15) is 100 Å². The SMILES string of the molecule is CCCCCCCCC(C)C(OCC(C)C)(OCC(C)C)OCC(C)C. The first-order valence-corrected chi connectivity index (χ1v) is 11.1. The third kappa shape index (κ3) is 12.3. The summed E-state index contributed by atoms with van der Waals surface area (Å²) in [6.07, 6.45) is 8.93. The van der Waals surface area contributed by atoms with Gasteiger partial charge in [-0.3, -0.25) is 0 Å². The standard InChI is InChI=1S/C23H48O3/c1-9-10-11-12-13-14-15-22(8)23(24-16-19(2)3,25-17-20(4)5)26-18-21(6)7/h19-22H,9-18H2,1-8H3. The zero-order chi connectivity index (χ0) is 20.0. The molecule has 3 nitrogen and oxygen atoms in total. The molecule has 0 saturated heterocycles. The Balaban J connectivity index is 4.88. The van der Waals surface area contributed by atoms with Crippen LogP contribution in [0.4, 0.5) is 0 Å². The average molecular weight is 373 g/mol. The van der Waals surface area contributed by atoms with E-state index in [1.165, 1.54) is 38.5 Å². The van der Waals surface area contributed by atoms with Gasteiger partial charge in [-0.2, -0.15) is 0 Å². The first-order chi connectivity index (χ1) is 12.2. The fourth-order valence-electron chi connectivity index (χ4n) is 2.81. The summed E-state index contributed by atoms with van der Waals surface area (Å²) in [5, 5.41) is 0. The molecule has 0 spiro atoms. The summed E-state index contributed by atoms with van der Waals surface area (Å²) in [6, 6.07) is 0. The van der Waals surface area contributed by atoms with Gasteiger partial charge in [0.05, 0.1) is 19.8 Å². The van der Waals surface area contributed by atoms with E-state index >= 15 is 0 Å². The molecular formula is C23H48O3. The Morgan fingerprint density at radius 1 is 0.577 bits per heavy atom. The molecule has 0 heterocycles. The van der Waals surface area contributed by atoms with E-state index in [2.05, 4.69) is 55.4 Å². The molecule has 0 aliphatic rings. The molecule has 0 aromatic rings. The Labute approximate surface area is 164 Å². The number of hydrogen-bond acceptors (Lipinski definition) is 3. The number of ether oxygens (including phenoxy) is 3. The van der Waals surface area contributed by atoms with E-state index in [1.54, 1.807) is 0 Å². The summed E-state index contributed by atoms with van der Waals surface area (Å²) in [7, 11) is 0. The fourth-order valence-corrected chi connectivity index (χ4v) is 2.81. The third-order valence-electron chi connectivity index (χ3n) is 4.45. The Hall–Kier alpha value is -0.120. The van der Waals surface area contributed by atoms with Crippen LogP contribution in [0.5, 0.6) is 0 Å². The maximum absolute atomic E-state index is 6.30. The molecule has 0 bridgehead atoms. The first kappa shape index (κ1) is 25.9. The molecule has 0 amide bonds. The van der Waals surface area contributed by atoms with E-state index < -0.39 is 5.97 Å². The molecule has 0 aromatic carbocycles. The van der Waals surface area contributed by atoms with Gasteiger partial charge in [0, 0.05) is 5.92 Å². The summed E-state index contributed by atoms with van der Waals surface area (Å²) in [5.41, 5.74) is 0. The van der Waals surface area contributed by atoms with Crippen LogP contribution in [0.2, 0.25) is 0 Å². The van der Waals surface area contributed by atoms with Crippen molar-refractivity contribution in [1.29, 1.82) is 0 Å². The van der Waals surface area contributed by atoms with Crippen molar-refractivity contribution in [3.05, 3.63) is 0 Å². The van der Waals surface area contributed by atoms with Gasteiger partial charge >= 0.3 is 0 Å². The highest BCUT2D eigenvalue weighted by molar-refractivity contribution is 4.70. The lowest BCUT2D eigenvalue weighted by molar-refractivity contribution is -0.409. The molecule has 0 radical (unpaired) electrons. The number of unbranched alkanes of at least 4 members (excludes halogenated alkanes) is 5. The lowest BCUT2D eigenvalue weighted by atomic mass is 9.99. The smallest absolute Gasteiger partial charge is 0.285 e. The molecule has 0 aliphatic heterocycles. The first-order valence-electron chi connectivity index (χ1n) is 11.1. The molecule has 1 unspecified atom stereocenters. The lowest BCUT2D eigenvalue weighted by Crippen LogP contribution is -2.47. The predicted octanol–water partition coefficient (Wildman–Crippen LogP) is 7.04. The average Bonchev–Trinajstić information content (AvgIpc) is 2.57. The van der Waals surface area contributed by atoms with Crippen molar-refractivity contribution >= 4 is 0 Å². The second kappa shape index (κ2) is 14.9. The summed E-state index contributed by atoms with van der Waals surface area (Å²) >= 11 is 0. The van der Waals surface area contributed by atoms with Gasteiger partial charge < -0.3 is 14.2 Å². The van der Waals surface area contributed by atoms with E-state index in [1.807, 2.05) is 0 Å². The van der Waals surface area contributed by atoms with Crippen LogP contribution >= 0.6 is 0 Å². The highest BCUT2D eigenvalue weighted by Crippen LogP contribution is 2.32. The molecule has 3 heteroatoms. The number of hydrogen-bond donors (Lipinski definition) is 0. The van der Waals surface area contributed by atoms with Crippen LogP contribution in [0.25, 0.3) is 0 Å². The monoisotopic (exact) mass is 372 g/mol. The molecule has 0 fully saturated rings. The summed E-state index contributed by atoms with van der Waals surface area (Å²) in [5.74, 6) is 0.704. The van der Waals surface area contributed by atoms with Crippen molar-refractivity contribution in [2.45, 2.75) is 106 Å². The normalized spacial score (nSPS) is 14.0. The van der Waals surface area contributed by atoms with Crippen LogP contribution in [0.15, 0.2) is 0 Å². The zero-order valence-corrected chi connectivity index (χ0v) is 19.1. The highest BCUT2D eigenvalue weighted by atomic mass is 16.9. The van der Waals surface area contributed by atoms with Crippen LogP contribution in [-0.2, 0) is 14.2 Å². The van der Waals surface area contributed by atoms with Crippen molar-refractivity contribution in [2.24, 2.45) is 23.7 Å². The quantitative estimate of drug-likeness (QED) is 0.202. The Morgan fingerprint density at radius 2 is 0.962 bits per heavy atom. The molecule has 0 aliphatic carbocycles. The van der Waals surface area contributed by atoms with E-state index in [0.29, 0.717) is 37.6 Å². The lowest BCUT2D eigenvalue weighted by Gasteiger charge is -2.39. The molecule has 0 rings (SSSR count). The van der Waals surface area contributed by atoms with Gasteiger partial charge in [-0.15, -0.1) is 0 Å². The van der Waals surface area contributed by atoms with E-state index in [-0.39, 0.29) is 5.92 Å². The van der Waals surface area contributed by atoms with Gasteiger partial charge in [-0.25, -0.2) is 0 Å². The van der Waals surface area contributed by atoms with Crippen LogP contribution in [0.3, 0.4) is 0 Å². The summed E-state index contributed by atoms with van der Waals surface area (Å²) in [6.45, 7) is 19.5. The van der Waals surface area contributed by atoms with Crippen LogP contribution in [0, 0.1) is 23.7 Å². The van der Waals surface area contributed by atoms with Crippen molar-refractivity contribution < 1.29 is 14.2 Å².